The summed E-state index contributed by atoms with van der Waals surface area (Å²) in [5.74, 6) is 0.293. The first-order valence-corrected chi connectivity index (χ1v) is 6.15. The lowest BCUT2D eigenvalue weighted by atomic mass is 9.88. The fourth-order valence-electron chi connectivity index (χ4n) is 2.13. The van der Waals surface area contributed by atoms with Gasteiger partial charge in [0.1, 0.15) is 6.17 Å². The number of hydrogen-bond donors (Lipinski definition) is 0. The quantitative estimate of drug-likeness (QED) is 0.629. The van der Waals surface area contributed by atoms with Gasteiger partial charge in [0.05, 0.1) is 0 Å². The van der Waals surface area contributed by atoms with Crippen LogP contribution in [0.4, 0.5) is 4.39 Å². The molecule has 1 aliphatic carbocycles. The van der Waals surface area contributed by atoms with Gasteiger partial charge in [0.2, 0.25) is 0 Å². The van der Waals surface area contributed by atoms with Crippen LogP contribution in [-0.2, 0) is 0 Å². The topological polar surface area (TPSA) is 3.24 Å². The molecule has 84 valence electrons. The summed E-state index contributed by atoms with van der Waals surface area (Å²) < 4.78 is 13.3. The normalized spacial score (nSPS) is 34.3. The molecule has 2 aliphatic rings. The Hall–Kier alpha value is -0.110. The molecule has 0 radical (unpaired) electrons. The van der Waals surface area contributed by atoms with E-state index >= 15 is 0 Å². The van der Waals surface area contributed by atoms with Gasteiger partial charge in [-0.2, -0.15) is 0 Å². The standard InChI is InChI=1S/C10H18FN.C2H6/c1-8-5-6-12(7-10(8)11)9-3-2-4-9;1-2/h8-10H,2-7H2,1H3;1-2H3. The third-order valence-electron chi connectivity index (χ3n) is 3.49. The van der Waals surface area contributed by atoms with E-state index in [-0.39, 0.29) is 0 Å². The first kappa shape index (κ1) is 12.0. The number of hydrogen-bond acceptors (Lipinski definition) is 1. The van der Waals surface area contributed by atoms with E-state index in [4.69, 9.17) is 0 Å². The molecule has 0 aromatic carbocycles. The molecule has 0 spiro atoms. The summed E-state index contributed by atoms with van der Waals surface area (Å²) in [5, 5.41) is 0. The molecule has 2 unspecified atom stereocenters. The summed E-state index contributed by atoms with van der Waals surface area (Å²) in [6, 6.07) is 0.732. The molecule has 0 aromatic heterocycles. The molecule has 0 aromatic rings. The van der Waals surface area contributed by atoms with E-state index in [1.807, 2.05) is 20.8 Å². The average molecular weight is 201 g/mol. The van der Waals surface area contributed by atoms with E-state index in [0.717, 1.165) is 19.0 Å². The molecular weight excluding hydrogens is 177 g/mol. The number of alkyl halides is 1. The predicted octanol–water partition coefficient (Wildman–Crippen LogP) is 3.25. The summed E-state index contributed by atoms with van der Waals surface area (Å²) in [6.45, 7) is 7.86. The lowest BCUT2D eigenvalue weighted by Gasteiger charge is -2.42. The van der Waals surface area contributed by atoms with Crippen molar-refractivity contribution in [1.29, 1.82) is 0 Å². The highest BCUT2D eigenvalue weighted by Crippen LogP contribution is 2.29. The van der Waals surface area contributed by atoms with Crippen molar-refractivity contribution in [3.63, 3.8) is 0 Å². The van der Waals surface area contributed by atoms with Crippen LogP contribution >= 0.6 is 0 Å². The van der Waals surface area contributed by atoms with Gasteiger partial charge in [-0.15, -0.1) is 0 Å². The Kier molecular flexibility index (Phi) is 4.86. The zero-order valence-corrected chi connectivity index (χ0v) is 9.80. The van der Waals surface area contributed by atoms with Crippen molar-refractivity contribution in [2.24, 2.45) is 5.92 Å². The van der Waals surface area contributed by atoms with Gasteiger partial charge in [0.15, 0.2) is 0 Å². The smallest absolute Gasteiger partial charge is 0.115 e. The number of likely N-dealkylation sites (tertiary alicyclic amines) is 1. The highest BCUT2D eigenvalue weighted by molar-refractivity contribution is 4.86. The number of piperidine rings is 1. The van der Waals surface area contributed by atoms with E-state index < -0.39 is 6.17 Å². The van der Waals surface area contributed by atoms with Crippen molar-refractivity contribution in [3.8, 4) is 0 Å². The predicted molar refractivity (Wildman–Crippen MR) is 59.2 cm³/mol. The van der Waals surface area contributed by atoms with Crippen LogP contribution in [0.15, 0.2) is 0 Å². The molecule has 2 heteroatoms. The molecule has 1 aliphatic heterocycles. The van der Waals surface area contributed by atoms with Gasteiger partial charge in [-0.3, -0.25) is 4.90 Å². The third kappa shape index (κ3) is 2.69. The van der Waals surface area contributed by atoms with Gasteiger partial charge >= 0.3 is 0 Å². The number of nitrogens with zero attached hydrogens (tertiary/aromatic N) is 1. The second-order valence-corrected chi connectivity index (χ2v) is 4.36. The van der Waals surface area contributed by atoms with Crippen molar-refractivity contribution in [1.82, 2.24) is 4.90 Å². The molecule has 1 nitrogen and oxygen atoms in total. The Labute approximate surface area is 87.7 Å². The van der Waals surface area contributed by atoms with Crippen molar-refractivity contribution < 1.29 is 4.39 Å². The zero-order valence-electron chi connectivity index (χ0n) is 9.80. The van der Waals surface area contributed by atoms with Crippen LogP contribution in [0.1, 0.15) is 46.5 Å². The SMILES string of the molecule is CC.CC1CCN(C2CCC2)CC1F. The Morgan fingerprint density at radius 2 is 1.79 bits per heavy atom. The van der Waals surface area contributed by atoms with Gasteiger partial charge in [-0.1, -0.05) is 27.2 Å². The Balaban J connectivity index is 0.000000461. The minimum atomic E-state index is -0.570. The van der Waals surface area contributed by atoms with Crippen LogP contribution in [0.5, 0.6) is 0 Å². The van der Waals surface area contributed by atoms with Crippen LogP contribution in [0.2, 0.25) is 0 Å². The zero-order chi connectivity index (χ0) is 10.6. The molecule has 1 saturated heterocycles. The second-order valence-electron chi connectivity index (χ2n) is 4.36. The molecule has 0 amide bonds. The minimum absolute atomic E-state index is 0.293. The Morgan fingerprint density at radius 1 is 1.14 bits per heavy atom. The fourth-order valence-corrected chi connectivity index (χ4v) is 2.13. The fraction of sp³-hybridized carbons (Fsp3) is 1.00. The van der Waals surface area contributed by atoms with Gasteiger partial charge in [-0.05, 0) is 31.7 Å². The van der Waals surface area contributed by atoms with E-state index in [1.54, 1.807) is 0 Å². The second kappa shape index (κ2) is 5.69. The third-order valence-corrected chi connectivity index (χ3v) is 3.49. The maximum Gasteiger partial charge on any atom is 0.115 e. The molecule has 1 saturated carbocycles. The summed E-state index contributed by atoms with van der Waals surface area (Å²) in [7, 11) is 0. The minimum Gasteiger partial charge on any atom is -0.297 e. The summed E-state index contributed by atoms with van der Waals surface area (Å²) in [4.78, 5) is 2.36. The first-order valence-electron chi connectivity index (χ1n) is 6.15. The van der Waals surface area contributed by atoms with Crippen molar-refractivity contribution in [2.45, 2.75) is 58.7 Å². The van der Waals surface area contributed by atoms with Gasteiger partial charge in [-0.25, -0.2) is 4.39 Å². The molecule has 2 atom stereocenters. The van der Waals surface area contributed by atoms with Gasteiger partial charge in [0, 0.05) is 12.6 Å². The molecule has 0 bridgehead atoms. The lowest BCUT2D eigenvalue weighted by Crippen LogP contribution is -2.48. The van der Waals surface area contributed by atoms with Crippen LogP contribution in [0.25, 0.3) is 0 Å². The number of rotatable bonds is 1. The maximum absolute atomic E-state index is 13.3. The van der Waals surface area contributed by atoms with Gasteiger partial charge < -0.3 is 0 Å². The van der Waals surface area contributed by atoms with E-state index in [1.165, 1.54) is 19.3 Å². The van der Waals surface area contributed by atoms with Crippen LogP contribution < -0.4 is 0 Å². The van der Waals surface area contributed by atoms with Crippen LogP contribution in [-0.4, -0.2) is 30.2 Å². The van der Waals surface area contributed by atoms with Crippen molar-refractivity contribution >= 4 is 0 Å². The molecule has 2 rings (SSSR count). The first-order chi connectivity index (χ1) is 6.77. The van der Waals surface area contributed by atoms with E-state index in [2.05, 4.69) is 4.90 Å². The summed E-state index contributed by atoms with van der Waals surface area (Å²) in [6.07, 6.45) is 4.45. The molecule has 14 heavy (non-hydrogen) atoms. The monoisotopic (exact) mass is 201 g/mol. The molecule has 2 fully saturated rings. The summed E-state index contributed by atoms with van der Waals surface area (Å²) >= 11 is 0. The molecule has 0 N–H and O–H groups in total. The maximum atomic E-state index is 13.3. The Morgan fingerprint density at radius 3 is 2.21 bits per heavy atom. The highest BCUT2D eigenvalue weighted by Gasteiger charge is 2.32. The van der Waals surface area contributed by atoms with Gasteiger partial charge in [0.25, 0.3) is 0 Å². The molecular formula is C12H24FN. The number of halogens is 1. The molecule has 1 heterocycles. The van der Waals surface area contributed by atoms with E-state index in [0.29, 0.717) is 12.5 Å². The summed E-state index contributed by atoms with van der Waals surface area (Å²) in [5.41, 5.74) is 0. The van der Waals surface area contributed by atoms with Crippen molar-refractivity contribution in [3.05, 3.63) is 0 Å². The van der Waals surface area contributed by atoms with Crippen LogP contribution in [0, 0.1) is 5.92 Å². The highest BCUT2D eigenvalue weighted by atomic mass is 19.1. The van der Waals surface area contributed by atoms with Crippen LogP contribution in [0.3, 0.4) is 0 Å². The Bertz CT molecular complexity index is 156. The van der Waals surface area contributed by atoms with E-state index in [9.17, 15) is 4.39 Å². The van der Waals surface area contributed by atoms with Crippen molar-refractivity contribution in [2.75, 3.05) is 13.1 Å². The lowest BCUT2D eigenvalue weighted by molar-refractivity contribution is 0.0349. The average Bonchev–Trinajstić information content (AvgIpc) is 2.12. The largest absolute Gasteiger partial charge is 0.297 e.